The van der Waals surface area contributed by atoms with Crippen LogP contribution in [0.25, 0.3) is 0 Å². The van der Waals surface area contributed by atoms with Crippen molar-refractivity contribution in [2.24, 2.45) is 11.8 Å². The molecule has 1 unspecified atom stereocenters. The number of rotatable bonds is 4. The first-order valence-electron chi connectivity index (χ1n) is 6.18. The van der Waals surface area contributed by atoms with E-state index in [1.807, 2.05) is 12.3 Å². The standard InChI is InChI=1S/C13H21N3/c1-10-6-7-15-12(8-10)13(16-14)9-11-4-2-3-5-11/h6-8,11,13,16H,2-5,9,14H2,1H3. The molecule has 1 aliphatic rings. The minimum Gasteiger partial charge on any atom is -0.271 e. The van der Waals surface area contributed by atoms with E-state index < -0.39 is 0 Å². The maximum atomic E-state index is 5.64. The lowest BCUT2D eigenvalue weighted by Crippen LogP contribution is -2.30. The molecule has 2 rings (SSSR count). The van der Waals surface area contributed by atoms with Gasteiger partial charge in [-0.1, -0.05) is 25.7 Å². The largest absolute Gasteiger partial charge is 0.271 e. The van der Waals surface area contributed by atoms with Crippen LogP contribution in [0.15, 0.2) is 18.3 Å². The molecule has 0 amide bonds. The maximum Gasteiger partial charge on any atom is 0.0634 e. The normalized spacial score (nSPS) is 18.9. The Morgan fingerprint density at radius 2 is 2.25 bits per heavy atom. The highest BCUT2D eigenvalue weighted by Gasteiger charge is 2.21. The van der Waals surface area contributed by atoms with Gasteiger partial charge in [-0.15, -0.1) is 0 Å². The third kappa shape index (κ3) is 2.80. The van der Waals surface area contributed by atoms with E-state index in [-0.39, 0.29) is 6.04 Å². The van der Waals surface area contributed by atoms with E-state index in [0.717, 1.165) is 18.0 Å². The molecule has 1 atom stereocenters. The van der Waals surface area contributed by atoms with Gasteiger partial charge in [0.25, 0.3) is 0 Å². The highest BCUT2D eigenvalue weighted by Crippen LogP contribution is 2.32. The molecule has 3 nitrogen and oxygen atoms in total. The van der Waals surface area contributed by atoms with Crippen molar-refractivity contribution in [2.45, 2.75) is 45.1 Å². The van der Waals surface area contributed by atoms with E-state index in [4.69, 9.17) is 5.84 Å². The van der Waals surface area contributed by atoms with Gasteiger partial charge in [-0.25, -0.2) is 0 Å². The summed E-state index contributed by atoms with van der Waals surface area (Å²) in [5.41, 5.74) is 5.24. The topological polar surface area (TPSA) is 50.9 Å². The van der Waals surface area contributed by atoms with Gasteiger partial charge >= 0.3 is 0 Å². The Balaban J connectivity index is 2.03. The summed E-state index contributed by atoms with van der Waals surface area (Å²) in [6.45, 7) is 2.09. The molecule has 0 radical (unpaired) electrons. The lowest BCUT2D eigenvalue weighted by Gasteiger charge is -2.19. The van der Waals surface area contributed by atoms with Gasteiger partial charge in [0.2, 0.25) is 0 Å². The van der Waals surface area contributed by atoms with Crippen molar-refractivity contribution in [1.82, 2.24) is 10.4 Å². The molecule has 0 aromatic carbocycles. The fourth-order valence-corrected chi connectivity index (χ4v) is 2.60. The summed E-state index contributed by atoms with van der Waals surface area (Å²) in [6.07, 6.45) is 8.44. The van der Waals surface area contributed by atoms with Crippen molar-refractivity contribution in [2.75, 3.05) is 0 Å². The fourth-order valence-electron chi connectivity index (χ4n) is 2.60. The van der Waals surface area contributed by atoms with Gasteiger partial charge < -0.3 is 0 Å². The summed E-state index contributed by atoms with van der Waals surface area (Å²) in [5, 5.41) is 0. The SMILES string of the molecule is Cc1ccnc(C(CC2CCCC2)NN)c1. The fraction of sp³-hybridized carbons (Fsp3) is 0.615. The first-order chi connectivity index (χ1) is 7.79. The van der Waals surface area contributed by atoms with E-state index >= 15 is 0 Å². The number of aryl methyl sites for hydroxylation is 1. The smallest absolute Gasteiger partial charge is 0.0634 e. The van der Waals surface area contributed by atoms with Gasteiger partial charge in [0, 0.05) is 6.20 Å². The average Bonchev–Trinajstić information content (AvgIpc) is 2.78. The molecule has 1 aromatic rings. The molecule has 88 valence electrons. The number of pyridine rings is 1. The van der Waals surface area contributed by atoms with E-state index in [1.54, 1.807) is 0 Å². The molecule has 16 heavy (non-hydrogen) atoms. The molecule has 1 heterocycles. The van der Waals surface area contributed by atoms with E-state index in [2.05, 4.69) is 23.4 Å². The molecule has 3 heteroatoms. The predicted molar refractivity (Wildman–Crippen MR) is 65.6 cm³/mol. The highest BCUT2D eigenvalue weighted by molar-refractivity contribution is 5.17. The van der Waals surface area contributed by atoms with Gasteiger partial charge in [0.05, 0.1) is 11.7 Å². The van der Waals surface area contributed by atoms with Crippen molar-refractivity contribution in [3.05, 3.63) is 29.6 Å². The van der Waals surface area contributed by atoms with Crippen molar-refractivity contribution in [3.8, 4) is 0 Å². The zero-order chi connectivity index (χ0) is 11.4. The van der Waals surface area contributed by atoms with Gasteiger partial charge in [-0.3, -0.25) is 16.3 Å². The third-order valence-electron chi connectivity index (χ3n) is 3.54. The summed E-state index contributed by atoms with van der Waals surface area (Å²) in [5.74, 6) is 6.47. The number of aromatic nitrogens is 1. The van der Waals surface area contributed by atoms with Crippen molar-refractivity contribution < 1.29 is 0 Å². The first kappa shape index (κ1) is 11.6. The summed E-state index contributed by atoms with van der Waals surface area (Å²) in [6, 6.07) is 4.36. The van der Waals surface area contributed by atoms with E-state index in [1.165, 1.54) is 31.2 Å². The van der Waals surface area contributed by atoms with Gasteiger partial charge in [-0.2, -0.15) is 0 Å². The predicted octanol–water partition coefficient (Wildman–Crippen LogP) is 2.47. The Hall–Kier alpha value is -0.930. The van der Waals surface area contributed by atoms with Crippen molar-refractivity contribution in [1.29, 1.82) is 0 Å². The molecule has 0 aliphatic heterocycles. The number of nitrogens with zero attached hydrogens (tertiary/aromatic N) is 1. The Morgan fingerprint density at radius 3 is 2.88 bits per heavy atom. The van der Waals surface area contributed by atoms with E-state index in [9.17, 15) is 0 Å². The minimum atomic E-state index is 0.211. The van der Waals surface area contributed by atoms with Crippen LogP contribution in [0, 0.1) is 12.8 Å². The zero-order valence-electron chi connectivity index (χ0n) is 9.95. The Kier molecular flexibility index (Phi) is 3.91. The molecule has 1 aromatic heterocycles. The molecule has 1 fully saturated rings. The third-order valence-corrected chi connectivity index (χ3v) is 3.54. The number of hydrazine groups is 1. The lowest BCUT2D eigenvalue weighted by molar-refractivity contribution is 0.394. The average molecular weight is 219 g/mol. The molecular weight excluding hydrogens is 198 g/mol. The minimum absolute atomic E-state index is 0.211. The second-order valence-electron chi connectivity index (χ2n) is 4.86. The number of nitrogens with one attached hydrogen (secondary N) is 1. The summed E-state index contributed by atoms with van der Waals surface area (Å²) in [7, 11) is 0. The molecule has 0 spiro atoms. The maximum absolute atomic E-state index is 5.64. The Morgan fingerprint density at radius 1 is 1.50 bits per heavy atom. The molecule has 1 saturated carbocycles. The molecule has 1 aliphatic carbocycles. The van der Waals surface area contributed by atoms with Crippen molar-refractivity contribution in [3.63, 3.8) is 0 Å². The van der Waals surface area contributed by atoms with Gasteiger partial charge in [0.15, 0.2) is 0 Å². The van der Waals surface area contributed by atoms with Gasteiger partial charge in [0.1, 0.15) is 0 Å². The number of hydrogen-bond acceptors (Lipinski definition) is 3. The van der Waals surface area contributed by atoms with Crippen LogP contribution in [0.4, 0.5) is 0 Å². The molecular formula is C13H21N3. The second-order valence-corrected chi connectivity index (χ2v) is 4.86. The van der Waals surface area contributed by atoms with Crippen LogP contribution < -0.4 is 11.3 Å². The van der Waals surface area contributed by atoms with Gasteiger partial charge in [-0.05, 0) is 37.0 Å². The highest BCUT2D eigenvalue weighted by atomic mass is 15.2. The molecule has 0 bridgehead atoms. The van der Waals surface area contributed by atoms with Crippen LogP contribution in [0.5, 0.6) is 0 Å². The molecule has 3 N–H and O–H groups in total. The van der Waals surface area contributed by atoms with E-state index in [0.29, 0.717) is 0 Å². The van der Waals surface area contributed by atoms with Crippen LogP contribution >= 0.6 is 0 Å². The zero-order valence-corrected chi connectivity index (χ0v) is 9.95. The van der Waals surface area contributed by atoms with Crippen LogP contribution in [0.1, 0.15) is 49.4 Å². The monoisotopic (exact) mass is 219 g/mol. The Labute approximate surface area is 97.4 Å². The summed E-state index contributed by atoms with van der Waals surface area (Å²) >= 11 is 0. The van der Waals surface area contributed by atoms with Crippen LogP contribution in [0.3, 0.4) is 0 Å². The van der Waals surface area contributed by atoms with Crippen LogP contribution in [-0.4, -0.2) is 4.98 Å². The van der Waals surface area contributed by atoms with Crippen LogP contribution in [0.2, 0.25) is 0 Å². The quantitative estimate of drug-likeness (QED) is 0.604. The van der Waals surface area contributed by atoms with Crippen LogP contribution in [-0.2, 0) is 0 Å². The number of nitrogens with two attached hydrogens (primary N) is 1. The molecule has 0 saturated heterocycles. The lowest BCUT2D eigenvalue weighted by atomic mass is 9.96. The second kappa shape index (κ2) is 5.41. The summed E-state index contributed by atoms with van der Waals surface area (Å²) < 4.78 is 0. The Bertz CT molecular complexity index is 332. The first-order valence-corrected chi connectivity index (χ1v) is 6.18. The van der Waals surface area contributed by atoms with Crippen molar-refractivity contribution >= 4 is 0 Å². The number of hydrogen-bond donors (Lipinski definition) is 2. The summed E-state index contributed by atoms with van der Waals surface area (Å²) in [4.78, 5) is 4.41.